The summed E-state index contributed by atoms with van der Waals surface area (Å²) < 4.78 is 57.0. The van der Waals surface area contributed by atoms with Crippen molar-refractivity contribution in [1.82, 2.24) is 9.29 Å². The number of halogens is 1. The van der Waals surface area contributed by atoms with Gasteiger partial charge in [0.05, 0.1) is 30.4 Å². The fraction of sp³-hybridized carbons (Fsp3) is 0.500. The lowest BCUT2D eigenvalue weighted by Crippen LogP contribution is -2.40. The van der Waals surface area contributed by atoms with Gasteiger partial charge in [-0.1, -0.05) is 23.5 Å². The van der Waals surface area contributed by atoms with Gasteiger partial charge >= 0.3 is 0 Å². The Bertz CT molecular complexity index is 1020. The van der Waals surface area contributed by atoms with Gasteiger partial charge in [0.15, 0.2) is 16.4 Å². The number of aromatic nitrogens is 1. The average molecular weight is 486 g/mol. The molecule has 1 unspecified atom stereocenters. The smallest absolute Gasteiger partial charge is 0.259 e. The van der Waals surface area contributed by atoms with Crippen LogP contribution in [0.2, 0.25) is 0 Å². The third kappa shape index (κ3) is 5.50. The molecule has 0 saturated carbocycles. The van der Waals surface area contributed by atoms with E-state index in [-0.39, 0.29) is 16.1 Å². The molecule has 0 aliphatic carbocycles. The average Bonchev–Trinajstić information content (AvgIpc) is 3.23. The summed E-state index contributed by atoms with van der Waals surface area (Å²) >= 11 is 0.716. The zero-order valence-electron chi connectivity index (χ0n) is 17.2. The van der Waals surface area contributed by atoms with E-state index in [1.165, 1.54) is 16.4 Å². The van der Waals surface area contributed by atoms with Crippen LogP contribution < -0.4 is 5.32 Å². The zero-order valence-corrected chi connectivity index (χ0v) is 18.9. The molecule has 4 rings (SSSR count). The molecule has 2 aliphatic heterocycles. The molecule has 0 spiro atoms. The van der Waals surface area contributed by atoms with Crippen LogP contribution in [0.4, 0.5) is 9.52 Å². The van der Waals surface area contributed by atoms with E-state index in [4.69, 9.17) is 14.2 Å². The van der Waals surface area contributed by atoms with E-state index in [0.29, 0.717) is 69.3 Å². The highest BCUT2D eigenvalue weighted by Gasteiger charge is 2.30. The molecule has 1 N–H and O–H groups in total. The standard InChI is InChI=1S/C20H24FN3O6S2/c21-17-13-22-20(31-17)23-19(25)18(30-15-5-9-28-10-6-15)14-1-3-16(4-2-14)32(26,27)24-7-11-29-12-8-24/h1-4,13,15,18H,5-12H2,(H,22,23,25). The number of morpholine rings is 1. The Morgan fingerprint density at radius 1 is 1.16 bits per heavy atom. The maximum Gasteiger partial charge on any atom is 0.259 e. The number of thiazole rings is 1. The predicted octanol–water partition coefficient (Wildman–Crippen LogP) is 2.18. The molecule has 3 heterocycles. The molecule has 1 amide bonds. The number of carbonyl (C=O) groups is 1. The fourth-order valence-electron chi connectivity index (χ4n) is 3.53. The van der Waals surface area contributed by atoms with Crippen molar-refractivity contribution in [3.8, 4) is 0 Å². The van der Waals surface area contributed by atoms with Crippen LogP contribution in [0.25, 0.3) is 0 Å². The van der Waals surface area contributed by atoms with Gasteiger partial charge in [-0.25, -0.2) is 13.4 Å². The second-order valence-electron chi connectivity index (χ2n) is 7.37. The molecule has 1 aromatic heterocycles. The molecule has 9 nitrogen and oxygen atoms in total. The third-order valence-corrected chi connectivity index (χ3v) is 7.85. The molecule has 174 valence electrons. The van der Waals surface area contributed by atoms with Gasteiger partial charge in [0, 0.05) is 26.3 Å². The highest BCUT2D eigenvalue weighted by Crippen LogP contribution is 2.28. The number of sulfonamides is 1. The van der Waals surface area contributed by atoms with Crippen molar-refractivity contribution < 1.29 is 31.8 Å². The minimum atomic E-state index is -3.65. The first-order chi connectivity index (χ1) is 15.4. The van der Waals surface area contributed by atoms with Crippen LogP contribution in [0.15, 0.2) is 35.4 Å². The quantitative estimate of drug-likeness (QED) is 0.641. The van der Waals surface area contributed by atoms with E-state index in [1.54, 1.807) is 12.1 Å². The summed E-state index contributed by atoms with van der Waals surface area (Å²) in [4.78, 5) is 16.9. The Labute approximate surface area is 189 Å². The van der Waals surface area contributed by atoms with E-state index < -0.39 is 27.2 Å². The van der Waals surface area contributed by atoms with Crippen molar-refractivity contribution in [2.75, 3.05) is 44.8 Å². The Morgan fingerprint density at radius 2 is 1.81 bits per heavy atom. The SMILES string of the molecule is O=C(Nc1ncc(F)s1)C(OC1CCOCC1)c1ccc(S(=O)(=O)N2CCOCC2)cc1. The number of anilines is 1. The van der Waals surface area contributed by atoms with Crippen molar-refractivity contribution in [2.24, 2.45) is 0 Å². The van der Waals surface area contributed by atoms with Crippen molar-refractivity contribution >= 4 is 32.4 Å². The summed E-state index contributed by atoms with van der Waals surface area (Å²) in [7, 11) is -3.65. The molecule has 0 bridgehead atoms. The molecular weight excluding hydrogens is 461 g/mol. The lowest BCUT2D eigenvalue weighted by molar-refractivity contribution is -0.136. The number of rotatable bonds is 7. The molecule has 0 radical (unpaired) electrons. The summed E-state index contributed by atoms with van der Waals surface area (Å²) in [6.07, 6.45) is 1.10. The van der Waals surface area contributed by atoms with Crippen LogP contribution in [0.1, 0.15) is 24.5 Å². The third-order valence-electron chi connectivity index (χ3n) is 5.23. The molecule has 12 heteroatoms. The van der Waals surface area contributed by atoms with Crippen LogP contribution in [0.3, 0.4) is 0 Å². The van der Waals surface area contributed by atoms with Gasteiger partial charge in [-0.05, 0) is 30.5 Å². The lowest BCUT2D eigenvalue weighted by Gasteiger charge is -2.28. The minimum Gasteiger partial charge on any atom is -0.381 e. The first-order valence-corrected chi connectivity index (χ1v) is 12.5. The topological polar surface area (TPSA) is 107 Å². The zero-order chi connectivity index (χ0) is 22.6. The lowest BCUT2D eigenvalue weighted by atomic mass is 10.1. The van der Waals surface area contributed by atoms with Gasteiger partial charge in [0.25, 0.3) is 5.91 Å². The summed E-state index contributed by atoms with van der Waals surface area (Å²) in [5.41, 5.74) is 0.493. The van der Waals surface area contributed by atoms with E-state index in [2.05, 4.69) is 10.3 Å². The second kappa shape index (κ2) is 10.3. The molecule has 32 heavy (non-hydrogen) atoms. The number of nitrogens with zero attached hydrogens (tertiary/aromatic N) is 2. The molecular formula is C20H24FN3O6S2. The number of ether oxygens (including phenoxy) is 3. The number of carbonyl (C=O) groups excluding carboxylic acids is 1. The van der Waals surface area contributed by atoms with Gasteiger partial charge in [-0.2, -0.15) is 8.70 Å². The first-order valence-electron chi connectivity index (χ1n) is 10.3. The molecule has 2 saturated heterocycles. The number of amides is 1. The van der Waals surface area contributed by atoms with Gasteiger partial charge in [0.2, 0.25) is 10.0 Å². The van der Waals surface area contributed by atoms with E-state index in [9.17, 15) is 17.6 Å². The van der Waals surface area contributed by atoms with Crippen LogP contribution in [-0.4, -0.2) is 69.2 Å². The second-order valence-corrected chi connectivity index (χ2v) is 10.3. The maximum atomic E-state index is 13.3. The van der Waals surface area contributed by atoms with Crippen molar-refractivity contribution in [3.63, 3.8) is 0 Å². The van der Waals surface area contributed by atoms with Gasteiger partial charge in [-0.15, -0.1) is 0 Å². The number of nitrogens with one attached hydrogen (secondary N) is 1. The minimum absolute atomic E-state index is 0.125. The monoisotopic (exact) mass is 485 g/mol. The van der Waals surface area contributed by atoms with Crippen molar-refractivity contribution in [1.29, 1.82) is 0 Å². The molecule has 1 atom stereocenters. The number of hydrogen-bond acceptors (Lipinski definition) is 8. The molecule has 1 aromatic carbocycles. The molecule has 2 aromatic rings. The molecule has 2 aliphatic rings. The molecule has 2 fully saturated rings. The number of hydrogen-bond donors (Lipinski definition) is 1. The van der Waals surface area contributed by atoms with Gasteiger partial charge < -0.3 is 14.2 Å². The van der Waals surface area contributed by atoms with E-state index >= 15 is 0 Å². The van der Waals surface area contributed by atoms with E-state index in [0.717, 1.165) is 6.20 Å². The Hall–Kier alpha value is -1.96. The van der Waals surface area contributed by atoms with Crippen molar-refractivity contribution in [2.45, 2.75) is 29.9 Å². The van der Waals surface area contributed by atoms with E-state index in [1.807, 2.05) is 0 Å². The summed E-state index contributed by atoms with van der Waals surface area (Å²) in [6.45, 7) is 2.38. The van der Waals surface area contributed by atoms with Crippen LogP contribution in [0.5, 0.6) is 0 Å². The predicted molar refractivity (Wildman–Crippen MR) is 114 cm³/mol. The fourth-order valence-corrected chi connectivity index (χ4v) is 5.49. The normalized spacial score (nSPS) is 19.5. The Kier molecular flexibility index (Phi) is 7.48. The summed E-state index contributed by atoms with van der Waals surface area (Å²) in [5.74, 6) is -0.505. The summed E-state index contributed by atoms with van der Waals surface area (Å²) in [6, 6.07) is 6.08. The van der Waals surface area contributed by atoms with Crippen LogP contribution in [0, 0.1) is 5.13 Å². The first kappa shape index (κ1) is 23.2. The largest absolute Gasteiger partial charge is 0.381 e. The van der Waals surface area contributed by atoms with Crippen LogP contribution in [-0.2, 0) is 29.0 Å². The van der Waals surface area contributed by atoms with Gasteiger partial charge in [-0.3, -0.25) is 10.1 Å². The van der Waals surface area contributed by atoms with Crippen LogP contribution >= 0.6 is 11.3 Å². The maximum absolute atomic E-state index is 13.3. The van der Waals surface area contributed by atoms with Crippen molar-refractivity contribution in [3.05, 3.63) is 41.2 Å². The summed E-state index contributed by atoms with van der Waals surface area (Å²) in [5, 5.41) is 2.19. The highest BCUT2D eigenvalue weighted by atomic mass is 32.2. The van der Waals surface area contributed by atoms with Gasteiger partial charge in [0.1, 0.15) is 0 Å². The highest BCUT2D eigenvalue weighted by molar-refractivity contribution is 7.89. The Morgan fingerprint density at radius 3 is 2.44 bits per heavy atom. The number of benzene rings is 1. The Balaban J connectivity index is 1.54.